The van der Waals surface area contributed by atoms with Gasteiger partial charge < -0.3 is 29.2 Å². The van der Waals surface area contributed by atoms with Crippen molar-refractivity contribution in [3.8, 4) is 0 Å². The van der Waals surface area contributed by atoms with Gasteiger partial charge in [-0.2, -0.15) is 0 Å². The molecule has 6 nitrogen and oxygen atoms in total. The van der Waals surface area contributed by atoms with Gasteiger partial charge in [0.1, 0.15) is 24.4 Å². The molecular formula is C11H19ClO6. The Hall–Kier alpha value is 0.0500. The van der Waals surface area contributed by atoms with Crippen molar-refractivity contribution in [3.63, 3.8) is 0 Å². The maximum Gasteiger partial charge on any atom is 0.114 e. The second-order valence-electron chi connectivity index (χ2n) is 4.45. The first-order chi connectivity index (χ1) is 8.72. The molecule has 0 aromatic heterocycles. The smallest absolute Gasteiger partial charge is 0.114 e. The highest BCUT2D eigenvalue weighted by Gasteiger charge is 2.46. The van der Waals surface area contributed by atoms with Crippen molar-refractivity contribution in [3.05, 3.63) is 0 Å². The van der Waals surface area contributed by atoms with Crippen molar-refractivity contribution in [2.75, 3.05) is 38.9 Å². The van der Waals surface area contributed by atoms with E-state index in [-0.39, 0.29) is 25.4 Å². The predicted molar refractivity (Wildman–Crippen MR) is 62.8 cm³/mol. The van der Waals surface area contributed by atoms with E-state index in [9.17, 15) is 0 Å². The quantitative estimate of drug-likeness (QED) is 0.481. The highest BCUT2D eigenvalue weighted by atomic mass is 35.5. The number of aliphatic hydroxyl groups excluding tert-OH is 2. The summed E-state index contributed by atoms with van der Waals surface area (Å²) < 4.78 is 19.4. The molecule has 5 unspecified atom stereocenters. The molecule has 0 amide bonds. The molecule has 0 aromatic carbocycles. The van der Waals surface area contributed by atoms with Crippen LogP contribution in [0.2, 0.25) is 0 Å². The highest BCUT2D eigenvalue weighted by molar-refractivity contribution is 6.18. The molecule has 4 aliphatic rings. The second kappa shape index (κ2) is 7.00. The Morgan fingerprint density at radius 2 is 1.33 bits per heavy atom. The zero-order chi connectivity index (χ0) is 13.0. The van der Waals surface area contributed by atoms with Gasteiger partial charge in [0.05, 0.1) is 45.0 Å². The molecule has 0 bridgehead atoms. The minimum absolute atomic E-state index is 0.284. The van der Waals surface area contributed by atoms with Crippen LogP contribution in [0.25, 0.3) is 0 Å². The average Bonchev–Trinajstić information content (AvgIpc) is 3.27. The summed E-state index contributed by atoms with van der Waals surface area (Å²) in [5.41, 5.74) is 0. The molecule has 0 spiro atoms. The fraction of sp³-hybridized carbons (Fsp3) is 1.00. The molecule has 18 heavy (non-hydrogen) atoms. The van der Waals surface area contributed by atoms with E-state index in [1.54, 1.807) is 0 Å². The minimum Gasteiger partial charge on any atom is -0.388 e. The van der Waals surface area contributed by atoms with Crippen LogP contribution in [-0.2, 0) is 18.9 Å². The lowest BCUT2D eigenvalue weighted by Crippen LogP contribution is -2.30. The third-order valence-electron chi connectivity index (χ3n) is 2.78. The summed E-state index contributed by atoms with van der Waals surface area (Å²) in [4.78, 5) is 0. The first-order valence-corrected chi connectivity index (χ1v) is 6.60. The van der Waals surface area contributed by atoms with Crippen LogP contribution >= 0.6 is 11.6 Å². The molecule has 4 heterocycles. The topological polar surface area (TPSA) is 84.0 Å². The van der Waals surface area contributed by atoms with E-state index in [2.05, 4.69) is 4.74 Å². The van der Waals surface area contributed by atoms with E-state index in [1.807, 2.05) is 0 Å². The fourth-order valence-electron chi connectivity index (χ4n) is 1.62. The van der Waals surface area contributed by atoms with E-state index in [0.29, 0.717) is 12.0 Å². The SMILES string of the molecule is C1CO1.ClCC1CO1.OC1COC2C(O)COC12. The first-order valence-electron chi connectivity index (χ1n) is 6.07. The molecule has 0 radical (unpaired) electrons. The summed E-state index contributed by atoms with van der Waals surface area (Å²) in [6.45, 7) is 3.45. The highest BCUT2D eigenvalue weighted by Crippen LogP contribution is 2.26. The Labute approximate surface area is 111 Å². The van der Waals surface area contributed by atoms with Crippen molar-refractivity contribution in [1.82, 2.24) is 0 Å². The number of hydrogen-bond donors (Lipinski definition) is 2. The van der Waals surface area contributed by atoms with E-state index >= 15 is 0 Å². The maximum absolute atomic E-state index is 9.16. The van der Waals surface area contributed by atoms with Gasteiger partial charge in [-0.1, -0.05) is 0 Å². The third-order valence-corrected chi connectivity index (χ3v) is 3.12. The number of rotatable bonds is 1. The predicted octanol–water partition coefficient (Wildman–Crippen LogP) is -0.854. The van der Waals surface area contributed by atoms with Crippen LogP contribution in [0.4, 0.5) is 0 Å². The van der Waals surface area contributed by atoms with Crippen molar-refractivity contribution in [1.29, 1.82) is 0 Å². The first kappa shape index (κ1) is 14.5. The molecule has 0 aliphatic carbocycles. The van der Waals surface area contributed by atoms with Crippen LogP contribution in [0.15, 0.2) is 0 Å². The van der Waals surface area contributed by atoms with Gasteiger partial charge in [-0.05, 0) is 0 Å². The molecule has 4 fully saturated rings. The molecule has 5 atom stereocenters. The molecule has 0 saturated carbocycles. The zero-order valence-electron chi connectivity index (χ0n) is 10.0. The van der Waals surface area contributed by atoms with E-state index in [0.717, 1.165) is 19.8 Å². The lowest BCUT2D eigenvalue weighted by atomic mass is 10.1. The van der Waals surface area contributed by atoms with Crippen LogP contribution in [0.1, 0.15) is 0 Å². The average molecular weight is 283 g/mol. The van der Waals surface area contributed by atoms with Gasteiger partial charge in [0.2, 0.25) is 0 Å². The van der Waals surface area contributed by atoms with Gasteiger partial charge in [0.15, 0.2) is 0 Å². The summed E-state index contributed by atoms with van der Waals surface area (Å²) in [5, 5.41) is 18.3. The Morgan fingerprint density at radius 1 is 0.889 bits per heavy atom. The molecule has 106 valence electrons. The number of ether oxygens (including phenoxy) is 4. The van der Waals surface area contributed by atoms with Gasteiger partial charge in [-0.3, -0.25) is 0 Å². The van der Waals surface area contributed by atoms with Crippen LogP contribution < -0.4 is 0 Å². The third kappa shape index (κ3) is 4.62. The Morgan fingerprint density at radius 3 is 1.56 bits per heavy atom. The molecule has 4 aliphatic heterocycles. The maximum atomic E-state index is 9.16. The number of fused-ring (bicyclic) bond motifs is 1. The Balaban J connectivity index is 0.000000124. The van der Waals surface area contributed by atoms with Gasteiger partial charge >= 0.3 is 0 Å². The normalized spacial score (nSPS) is 43.2. The Bertz CT molecular complexity index is 229. The molecule has 2 N–H and O–H groups in total. The Kier molecular flexibility index (Phi) is 5.62. The summed E-state index contributed by atoms with van der Waals surface area (Å²) in [5.74, 6) is 0.667. The zero-order valence-corrected chi connectivity index (χ0v) is 10.8. The summed E-state index contributed by atoms with van der Waals surface area (Å²) in [7, 11) is 0. The standard InChI is InChI=1S/C6H10O4.C3H5ClO.C2H4O/c7-3-1-9-6-4(8)2-10-5(3)6;4-1-3-2-5-3;1-2-3-1/h3-8H,1-2H2;3H,1-2H2;1-2H2. The summed E-state index contributed by atoms with van der Waals surface area (Å²) >= 11 is 5.27. The van der Waals surface area contributed by atoms with E-state index < -0.39 is 12.2 Å². The van der Waals surface area contributed by atoms with Gasteiger partial charge in [0, 0.05) is 0 Å². The van der Waals surface area contributed by atoms with Crippen LogP contribution in [0.3, 0.4) is 0 Å². The number of alkyl halides is 1. The summed E-state index contributed by atoms with van der Waals surface area (Å²) in [6, 6.07) is 0. The van der Waals surface area contributed by atoms with Gasteiger partial charge in [0.25, 0.3) is 0 Å². The van der Waals surface area contributed by atoms with Crippen LogP contribution in [-0.4, -0.2) is 79.6 Å². The van der Waals surface area contributed by atoms with Crippen molar-refractivity contribution in [2.24, 2.45) is 0 Å². The van der Waals surface area contributed by atoms with Crippen LogP contribution in [0, 0.1) is 0 Å². The second-order valence-corrected chi connectivity index (χ2v) is 4.76. The fourth-order valence-corrected chi connectivity index (χ4v) is 1.79. The van der Waals surface area contributed by atoms with Gasteiger partial charge in [-0.15, -0.1) is 11.6 Å². The van der Waals surface area contributed by atoms with Gasteiger partial charge in [-0.25, -0.2) is 0 Å². The van der Waals surface area contributed by atoms with E-state index in [4.69, 9.17) is 36.0 Å². The van der Waals surface area contributed by atoms with Crippen LogP contribution in [0.5, 0.6) is 0 Å². The monoisotopic (exact) mass is 282 g/mol. The number of aliphatic hydroxyl groups is 2. The van der Waals surface area contributed by atoms with Crippen molar-refractivity contribution >= 4 is 11.6 Å². The molecular weight excluding hydrogens is 264 g/mol. The van der Waals surface area contributed by atoms with E-state index in [1.165, 1.54) is 0 Å². The molecule has 0 aromatic rings. The number of epoxide rings is 2. The number of hydrogen-bond acceptors (Lipinski definition) is 6. The molecule has 4 saturated heterocycles. The molecule has 4 rings (SSSR count). The largest absolute Gasteiger partial charge is 0.388 e. The minimum atomic E-state index is -0.554. The number of halogens is 1. The lowest BCUT2D eigenvalue weighted by Gasteiger charge is -2.09. The molecule has 7 heteroatoms. The lowest BCUT2D eigenvalue weighted by molar-refractivity contribution is 0.00205. The van der Waals surface area contributed by atoms with Crippen molar-refractivity contribution < 1.29 is 29.2 Å². The van der Waals surface area contributed by atoms with Crippen molar-refractivity contribution in [2.45, 2.75) is 30.5 Å². The summed E-state index contributed by atoms with van der Waals surface area (Å²) in [6.07, 6.45) is -1.30.